The van der Waals surface area contributed by atoms with Gasteiger partial charge in [-0.1, -0.05) is 18.2 Å². The van der Waals surface area contributed by atoms with Crippen LogP contribution in [0.15, 0.2) is 42.5 Å². The Kier molecular flexibility index (Phi) is 12.6. The molecule has 0 spiro atoms. The summed E-state index contributed by atoms with van der Waals surface area (Å²) in [6, 6.07) is 10.9. The summed E-state index contributed by atoms with van der Waals surface area (Å²) in [4.78, 5) is 25.5. The van der Waals surface area contributed by atoms with Gasteiger partial charge in [-0.05, 0) is 55.7 Å². The fourth-order valence-corrected chi connectivity index (χ4v) is 3.59. The van der Waals surface area contributed by atoms with Crippen LogP contribution >= 0.6 is 0 Å². The van der Waals surface area contributed by atoms with E-state index in [9.17, 15) is 36.6 Å². The minimum Gasteiger partial charge on any atom is -0.495 e. The van der Waals surface area contributed by atoms with Crippen molar-refractivity contribution in [3.63, 3.8) is 0 Å². The second-order valence-corrected chi connectivity index (χ2v) is 8.82. The van der Waals surface area contributed by atoms with Gasteiger partial charge in [0.2, 0.25) is 0 Å². The van der Waals surface area contributed by atoms with E-state index in [0.717, 1.165) is 5.56 Å². The SMILES string of the molecule is CCOC(Cc1ccc(OCCN(CCCOC(F)(F)C(F)(F)F)C(=O)Nc2cc(C)ccc2OC)cc1)C(=O)O. The normalized spacial score (nSPS) is 12.5. The maximum Gasteiger partial charge on any atom is 0.482 e. The molecule has 0 saturated carbocycles. The smallest absolute Gasteiger partial charge is 0.482 e. The van der Waals surface area contributed by atoms with Gasteiger partial charge in [-0.15, -0.1) is 0 Å². The van der Waals surface area contributed by atoms with Gasteiger partial charge >= 0.3 is 24.3 Å². The van der Waals surface area contributed by atoms with Crippen LogP contribution in [-0.4, -0.2) is 80.4 Å². The van der Waals surface area contributed by atoms with E-state index in [1.807, 2.05) is 0 Å². The summed E-state index contributed by atoms with van der Waals surface area (Å²) in [6.45, 7) is 2.46. The number of anilines is 1. The molecule has 2 rings (SSSR count). The maximum atomic E-state index is 13.1. The Hall–Kier alpha value is -3.65. The quantitative estimate of drug-likeness (QED) is 0.196. The molecule has 2 amide bonds. The molecule has 0 aliphatic heterocycles. The van der Waals surface area contributed by atoms with Crippen LogP contribution in [0, 0.1) is 6.92 Å². The first kappa shape index (κ1) is 33.6. The topological polar surface area (TPSA) is 107 Å². The van der Waals surface area contributed by atoms with Gasteiger partial charge in [0.15, 0.2) is 6.10 Å². The molecule has 0 saturated heterocycles. The average molecular weight is 593 g/mol. The Labute approximate surface area is 234 Å². The molecule has 228 valence electrons. The predicted octanol–water partition coefficient (Wildman–Crippen LogP) is 5.51. The summed E-state index contributed by atoms with van der Waals surface area (Å²) < 4.78 is 83.1. The highest BCUT2D eigenvalue weighted by Crippen LogP contribution is 2.36. The molecule has 0 bridgehead atoms. The number of rotatable bonds is 16. The second-order valence-electron chi connectivity index (χ2n) is 8.82. The van der Waals surface area contributed by atoms with Gasteiger partial charge in [-0.3, -0.25) is 0 Å². The number of carboxylic acids is 1. The lowest BCUT2D eigenvalue weighted by Crippen LogP contribution is -2.41. The predicted molar refractivity (Wildman–Crippen MR) is 139 cm³/mol. The third-order valence-corrected chi connectivity index (χ3v) is 5.69. The highest BCUT2D eigenvalue weighted by Gasteiger charge is 2.59. The van der Waals surface area contributed by atoms with Gasteiger partial charge in [0.1, 0.15) is 18.1 Å². The van der Waals surface area contributed by atoms with Crippen molar-refractivity contribution in [1.29, 1.82) is 0 Å². The number of halogens is 5. The van der Waals surface area contributed by atoms with Crippen LogP contribution in [-0.2, 0) is 20.7 Å². The van der Waals surface area contributed by atoms with Crippen LogP contribution < -0.4 is 14.8 Å². The highest BCUT2D eigenvalue weighted by molar-refractivity contribution is 5.91. The maximum absolute atomic E-state index is 13.1. The van der Waals surface area contributed by atoms with Crippen molar-refractivity contribution >= 4 is 17.7 Å². The molecular formula is C27H33F5N2O7. The van der Waals surface area contributed by atoms with E-state index in [1.165, 1.54) is 12.0 Å². The molecule has 1 unspecified atom stereocenters. The number of alkyl halides is 5. The lowest BCUT2D eigenvalue weighted by atomic mass is 10.1. The van der Waals surface area contributed by atoms with Crippen LogP contribution in [0.4, 0.5) is 32.4 Å². The van der Waals surface area contributed by atoms with Gasteiger partial charge < -0.3 is 34.3 Å². The Morgan fingerprint density at radius 3 is 2.29 bits per heavy atom. The summed E-state index contributed by atoms with van der Waals surface area (Å²) in [5.74, 6) is -0.310. The number of nitrogens with zero attached hydrogens (tertiary/aromatic N) is 1. The fraction of sp³-hybridized carbons (Fsp3) is 0.481. The zero-order valence-corrected chi connectivity index (χ0v) is 22.8. The Bertz CT molecular complexity index is 1130. The molecule has 14 heteroatoms. The van der Waals surface area contributed by atoms with Crippen LogP contribution in [0.1, 0.15) is 24.5 Å². The van der Waals surface area contributed by atoms with Gasteiger partial charge in [0.25, 0.3) is 0 Å². The van der Waals surface area contributed by atoms with Gasteiger partial charge in [-0.2, -0.15) is 22.0 Å². The molecule has 2 aromatic rings. The molecule has 1 atom stereocenters. The first-order valence-electron chi connectivity index (χ1n) is 12.6. The lowest BCUT2D eigenvalue weighted by molar-refractivity contribution is -0.391. The van der Waals surface area contributed by atoms with Crippen LogP contribution in [0.25, 0.3) is 0 Å². The zero-order chi connectivity index (χ0) is 30.6. The number of amides is 2. The molecule has 41 heavy (non-hydrogen) atoms. The van der Waals surface area contributed by atoms with Crippen molar-refractivity contribution in [2.75, 3.05) is 45.3 Å². The summed E-state index contributed by atoms with van der Waals surface area (Å²) in [7, 11) is 1.41. The number of methoxy groups -OCH3 is 1. The Morgan fingerprint density at radius 1 is 1.02 bits per heavy atom. The van der Waals surface area contributed by atoms with E-state index in [-0.39, 0.29) is 39.1 Å². The molecular weight excluding hydrogens is 559 g/mol. The van der Waals surface area contributed by atoms with E-state index < -0.39 is 37.0 Å². The standard InChI is InChI=1S/C27H33F5N2O7/c1-4-39-23(24(35)36)17-19-7-9-20(10-8-19)40-15-13-34(12-5-14-41-27(31,32)26(28,29)30)25(37)33-21-16-18(2)6-11-22(21)38-3/h6-11,16,23H,4-5,12-15,17H2,1-3H3,(H,33,37)(H,35,36). The number of hydrogen-bond acceptors (Lipinski definition) is 6. The zero-order valence-electron chi connectivity index (χ0n) is 22.8. The van der Waals surface area contributed by atoms with Crippen LogP contribution in [0.2, 0.25) is 0 Å². The van der Waals surface area contributed by atoms with Crippen molar-refractivity contribution in [2.24, 2.45) is 0 Å². The number of aryl methyl sites for hydroxylation is 1. The van der Waals surface area contributed by atoms with E-state index in [4.69, 9.17) is 14.2 Å². The van der Waals surface area contributed by atoms with Crippen molar-refractivity contribution in [1.82, 2.24) is 4.90 Å². The number of carboxylic acid groups (broad SMARTS) is 1. The number of carbonyl (C=O) groups is 2. The number of urea groups is 1. The van der Waals surface area contributed by atoms with E-state index in [0.29, 0.717) is 22.7 Å². The minimum absolute atomic E-state index is 0.0476. The summed E-state index contributed by atoms with van der Waals surface area (Å²) in [5.41, 5.74) is 1.85. The monoisotopic (exact) mass is 592 g/mol. The molecule has 2 aromatic carbocycles. The number of ether oxygens (including phenoxy) is 4. The first-order valence-corrected chi connectivity index (χ1v) is 12.6. The molecule has 0 heterocycles. The largest absolute Gasteiger partial charge is 0.495 e. The highest BCUT2D eigenvalue weighted by atomic mass is 19.4. The number of nitrogens with one attached hydrogen (secondary N) is 1. The second kappa shape index (κ2) is 15.4. The van der Waals surface area contributed by atoms with Gasteiger partial charge in [0, 0.05) is 19.6 Å². The van der Waals surface area contributed by atoms with E-state index in [2.05, 4.69) is 10.1 Å². The third kappa shape index (κ3) is 10.7. The molecule has 0 radical (unpaired) electrons. The third-order valence-electron chi connectivity index (χ3n) is 5.69. The summed E-state index contributed by atoms with van der Waals surface area (Å²) in [6.07, 6.45) is -12.3. The van der Waals surface area contributed by atoms with E-state index in [1.54, 1.807) is 56.3 Å². The van der Waals surface area contributed by atoms with Crippen molar-refractivity contribution < 1.29 is 55.6 Å². The Morgan fingerprint density at radius 2 is 1.71 bits per heavy atom. The molecule has 0 aliphatic rings. The lowest BCUT2D eigenvalue weighted by Gasteiger charge is -2.25. The molecule has 0 aromatic heterocycles. The Balaban J connectivity index is 2.03. The van der Waals surface area contributed by atoms with E-state index >= 15 is 0 Å². The van der Waals surface area contributed by atoms with Crippen LogP contribution in [0.5, 0.6) is 11.5 Å². The number of carbonyl (C=O) groups excluding carboxylic acids is 1. The average Bonchev–Trinajstić information content (AvgIpc) is 2.90. The summed E-state index contributed by atoms with van der Waals surface area (Å²) >= 11 is 0. The van der Waals surface area contributed by atoms with Crippen LogP contribution in [0.3, 0.4) is 0 Å². The number of benzene rings is 2. The van der Waals surface area contributed by atoms with Gasteiger partial charge in [0.05, 0.1) is 25.9 Å². The molecule has 0 aliphatic carbocycles. The van der Waals surface area contributed by atoms with Crippen molar-refractivity contribution in [3.8, 4) is 11.5 Å². The molecule has 0 fully saturated rings. The number of aliphatic carboxylic acids is 1. The molecule has 9 nitrogen and oxygen atoms in total. The van der Waals surface area contributed by atoms with Crippen molar-refractivity contribution in [2.45, 2.75) is 45.1 Å². The summed E-state index contributed by atoms with van der Waals surface area (Å²) in [5, 5.41) is 11.9. The van der Waals surface area contributed by atoms with Gasteiger partial charge in [-0.25, -0.2) is 9.59 Å². The van der Waals surface area contributed by atoms with Crippen molar-refractivity contribution in [3.05, 3.63) is 53.6 Å². The first-order chi connectivity index (χ1) is 19.3. The fourth-order valence-electron chi connectivity index (χ4n) is 3.59. The molecule has 2 N–H and O–H groups in total. The minimum atomic E-state index is -5.85. The number of hydrogen-bond donors (Lipinski definition) is 2.